The molecule has 74 valence electrons. The highest BCUT2D eigenvalue weighted by Crippen LogP contribution is 2.20. The molecule has 0 saturated carbocycles. The molecule has 0 atom stereocenters. The van der Waals surface area contributed by atoms with Crippen LogP contribution < -0.4 is 5.73 Å². The molecule has 0 aliphatic rings. The third-order valence-electron chi connectivity index (χ3n) is 1.76. The summed E-state index contributed by atoms with van der Waals surface area (Å²) in [5, 5.41) is 8.37. The largest absolute Gasteiger partial charge is 0.326 e. The van der Waals surface area contributed by atoms with E-state index in [0.717, 1.165) is 0 Å². The van der Waals surface area contributed by atoms with E-state index < -0.39 is 6.43 Å². The fraction of sp³-hybridized carbons (Fsp3) is 0.333. The minimum absolute atomic E-state index is 0.0273. The molecular weight excluding hydrogens is 188 g/mol. The Hall–Kier alpha value is -1.54. The van der Waals surface area contributed by atoms with Gasteiger partial charge in [-0.2, -0.15) is 5.26 Å². The summed E-state index contributed by atoms with van der Waals surface area (Å²) in [5.74, 6) is 0. The first kappa shape index (κ1) is 10.5. The standard InChI is InChI=1S/C9H9F2N3/c10-9(11)8-6(5-13)1-2-7(14-8)3-4-12/h1-2,9H,3,5,13H2. The highest BCUT2D eigenvalue weighted by molar-refractivity contribution is 5.25. The van der Waals surface area contributed by atoms with Gasteiger partial charge in [-0.15, -0.1) is 0 Å². The number of hydrogen-bond acceptors (Lipinski definition) is 3. The van der Waals surface area contributed by atoms with Gasteiger partial charge < -0.3 is 5.73 Å². The molecule has 0 amide bonds. The second-order valence-electron chi connectivity index (χ2n) is 2.69. The van der Waals surface area contributed by atoms with Gasteiger partial charge in [0.2, 0.25) is 0 Å². The van der Waals surface area contributed by atoms with E-state index in [9.17, 15) is 8.78 Å². The van der Waals surface area contributed by atoms with Gasteiger partial charge in [-0.25, -0.2) is 8.78 Å². The van der Waals surface area contributed by atoms with Crippen LogP contribution in [-0.4, -0.2) is 4.98 Å². The molecule has 14 heavy (non-hydrogen) atoms. The van der Waals surface area contributed by atoms with Crippen LogP contribution in [0.4, 0.5) is 8.78 Å². The van der Waals surface area contributed by atoms with Crippen LogP contribution in [0, 0.1) is 11.3 Å². The van der Waals surface area contributed by atoms with Crippen molar-refractivity contribution in [1.29, 1.82) is 5.26 Å². The summed E-state index contributed by atoms with van der Waals surface area (Å²) in [6.45, 7) is 0.0273. The minimum atomic E-state index is -2.65. The molecule has 5 heteroatoms. The second-order valence-corrected chi connectivity index (χ2v) is 2.69. The molecule has 0 unspecified atom stereocenters. The van der Waals surface area contributed by atoms with E-state index in [0.29, 0.717) is 11.3 Å². The first-order chi connectivity index (χ1) is 6.69. The fourth-order valence-electron chi connectivity index (χ4n) is 1.09. The van der Waals surface area contributed by atoms with Gasteiger partial charge in [0.1, 0.15) is 5.69 Å². The lowest BCUT2D eigenvalue weighted by atomic mass is 10.1. The highest BCUT2D eigenvalue weighted by Gasteiger charge is 2.14. The molecule has 0 aliphatic heterocycles. The van der Waals surface area contributed by atoms with Crippen LogP contribution in [0.15, 0.2) is 12.1 Å². The quantitative estimate of drug-likeness (QED) is 0.799. The number of pyridine rings is 1. The van der Waals surface area contributed by atoms with E-state index in [1.165, 1.54) is 12.1 Å². The summed E-state index contributed by atoms with van der Waals surface area (Å²) in [4.78, 5) is 3.68. The van der Waals surface area contributed by atoms with Crippen LogP contribution in [0.3, 0.4) is 0 Å². The number of nitrogens with zero attached hydrogens (tertiary/aromatic N) is 2. The van der Waals surface area contributed by atoms with Crippen LogP contribution in [0.25, 0.3) is 0 Å². The van der Waals surface area contributed by atoms with Crippen molar-refractivity contribution >= 4 is 0 Å². The second kappa shape index (κ2) is 4.63. The molecule has 1 rings (SSSR count). The van der Waals surface area contributed by atoms with Gasteiger partial charge in [0, 0.05) is 6.54 Å². The van der Waals surface area contributed by atoms with Crippen LogP contribution >= 0.6 is 0 Å². The SMILES string of the molecule is N#CCc1ccc(CN)c(C(F)F)n1. The maximum absolute atomic E-state index is 12.4. The Morgan fingerprint density at radius 3 is 2.71 bits per heavy atom. The van der Waals surface area contributed by atoms with E-state index >= 15 is 0 Å². The molecule has 1 aromatic rings. The zero-order valence-corrected chi connectivity index (χ0v) is 7.37. The summed E-state index contributed by atoms with van der Waals surface area (Å²) in [6.07, 6.45) is -2.61. The third-order valence-corrected chi connectivity index (χ3v) is 1.76. The average Bonchev–Trinajstić information content (AvgIpc) is 2.18. The molecule has 0 bridgehead atoms. The van der Waals surface area contributed by atoms with Gasteiger partial charge in [-0.1, -0.05) is 6.07 Å². The molecule has 3 nitrogen and oxygen atoms in total. The van der Waals surface area contributed by atoms with Crippen molar-refractivity contribution in [1.82, 2.24) is 4.98 Å². The Labute approximate surface area is 80.2 Å². The first-order valence-corrected chi connectivity index (χ1v) is 4.03. The van der Waals surface area contributed by atoms with E-state index in [1.807, 2.05) is 6.07 Å². The third kappa shape index (κ3) is 2.24. The average molecular weight is 197 g/mol. The molecule has 0 saturated heterocycles. The van der Waals surface area contributed by atoms with Crippen LogP contribution in [0.1, 0.15) is 23.4 Å². The summed E-state index contributed by atoms with van der Waals surface area (Å²) >= 11 is 0. The molecule has 0 aliphatic carbocycles. The molecule has 0 radical (unpaired) electrons. The van der Waals surface area contributed by atoms with Gasteiger partial charge in [0.15, 0.2) is 0 Å². The number of hydrogen-bond donors (Lipinski definition) is 1. The topological polar surface area (TPSA) is 62.7 Å². The summed E-state index contributed by atoms with van der Waals surface area (Å²) in [5.41, 5.74) is 5.62. The maximum atomic E-state index is 12.4. The predicted octanol–water partition coefficient (Wildman–Crippen LogP) is 1.54. The molecule has 0 fully saturated rings. The van der Waals surface area contributed by atoms with Crippen LogP contribution in [0.2, 0.25) is 0 Å². The molecular formula is C9H9F2N3. The van der Waals surface area contributed by atoms with E-state index in [1.54, 1.807) is 0 Å². The predicted molar refractivity (Wildman–Crippen MR) is 46.4 cm³/mol. The monoisotopic (exact) mass is 197 g/mol. The Morgan fingerprint density at radius 2 is 2.21 bits per heavy atom. The Bertz CT molecular complexity index is 358. The molecule has 2 N–H and O–H groups in total. The number of nitriles is 1. The van der Waals surface area contributed by atoms with Crippen molar-refractivity contribution in [2.75, 3.05) is 0 Å². The number of aromatic nitrogens is 1. The van der Waals surface area contributed by atoms with E-state index in [2.05, 4.69) is 4.98 Å². The normalized spacial score (nSPS) is 10.2. The molecule has 1 aromatic heterocycles. The number of halogens is 2. The smallest absolute Gasteiger partial charge is 0.280 e. The van der Waals surface area contributed by atoms with Crippen molar-refractivity contribution in [3.63, 3.8) is 0 Å². The van der Waals surface area contributed by atoms with Crippen molar-refractivity contribution in [2.24, 2.45) is 5.73 Å². The Morgan fingerprint density at radius 1 is 1.50 bits per heavy atom. The highest BCUT2D eigenvalue weighted by atomic mass is 19.3. The van der Waals surface area contributed by atoms with E-state index in [-0.39, 0.29) is 18.7 Å². The summed E-state index contributed by atoms with van der Waals surface area (Å²) in [7, 11) is 0. The van der Waals surface area contributed by atoms with Gasteiger partial charge in [0.25, 0.3) is 6.43 Å². The lowest BCUT2D eigenvalue weighted by Gasteiger charge is -2.06. The summed E-state index contributed by atoms with van der Waals surface area (Å²) < 4.78 is 24.9. The van der Waals surface area contributed by atoms with Gasteiger partial charge in [0.05, 0.1) is 18.2 Å². The summed E-state index contributed by atoms with van der Waals surface area (Å²) in [6, 6.07) is 4.88. The number of alkyl halides is 2. The maximum Gasteiger partial charge on any atom is 0.280 e. The van der Waals surface area contributed by atoms with Gasteiger partial charge in [-0.3, -0.25) is 4.98 Å². The zero-order valence-electron chi connectivity index (χ0n) is 7.37. The Kier molecular flexibility index (Phi) is 3.48. The zero-order chi connectivity index (χ0) is 10.6. The van der Waals surface area contributed by atoms with Crippen molar-refractivity contribution in [3.05, 3.63) is 29.1 Å². The molecule has 1 heterocycles. The lowest BCUT2D eigenvalue weighted by Crippen LogP contribution is -2.06. The van der Waals surface area contributed by atoms with E-state index in [4.69, 9.17) is 11.0 Å². The van der Waals surface area contributed by atoms with Crippen LogP contribution in [0.5, 0.6) is 0 Å². The lowest BCUT2D eigenvalue weighted by molar-refractivity contribution is 0.144. The van der Waals surface area contributed by atoms with Crippen molar-refractivity contribution in [2.45, 2.75) is 19.4 Å². The molecule has 0 spiro atoms. The molecule has 0 aromatic carbocycles. The van der Waals surface area contributed by atoms with Crippen LogP contribution in [-0.2, 0) is 13.0 Å². The Balaban J connectivity index is 3.09. The van der Waals surface area contributed by atoms with Gasteiger partial charge >= 0.3 is 0 Å². The van der Waals surface area contributed by atoms with Crippen molar-refractivity contribution < 1.29 is 8.78 Å². The minimum Gasteiger partial charge on any atom is -0.326 e. The first-order valence-electron chi connectivity index (χ1n) is 4.03. The van der Waals surface area contributed by atoms with Crippen molar-refractivity contribution in [3.8, 4) is 6.07 Å². The fourth-order valence-corrected chi connectivity index (χ4v) is 1.09. The number of rotatable bonds is 3. The number of nitrogens with two attached hydrogens (primary N) is 1. The van der Waals surface area contributed by atoms with Gasteiger partial charge in [-0.05, 0) is 11.6 Å².